The molecule has 0 spiro atoms. The minimum absolute atomic E-state index is 0.205. The summed E-state index contributed by atoms with van der Waals surface area (Å²) in [5.74, 6) is -1.33. The molecule has 3 aromatic carbocycles. The summed E-state index contributed by atoms with van der Waals surface area (Å²) in [5.41, 5.74) is 2.20. The summed E-state index contributed by atoms with van der Waals surface area (Å²) >= 11 is 3.43. The van der Waals surface area contributed by atoms with E-state index in [-0.39, 0.29) is 18.9 Å². The van der Waals surface area contributed by atoms with Crippen molar-refractivity contribution in [1.82, 2.24) is 4.90 Å². The summed E-state index contributed by atoms with van der Waals surface area (Å²) in [6, 6.07) is 24.7. The molecular weight excluding hydrogens is 418 g/mol. The van der Waals surface area contributed by atoms with Crippen LogP contribution >= 0.6 is 15.9 Å². The monoisotopic (exact) mass is 437 g/mol. The third kappa shape index (κ3) is 5.08. The van der Waals surface area contributed by atoms with E-state index in [1.807, 2.05) is 60.7 Å². The number of benzene rings is 3. The molecule has 0 saturated heterocycles. The van der Waals surface area contributed by atoms with Crippen molar-refractivity contribution >= 4 is 27.8 Å². The van der Waals surface area contributed by atoms with E-state index >= 15 is 0 Å². The predicted molar refractivity (Wildman–Crippen MR) is 112 cm³/mol. The average Bonchev–Trinajstić information content (AvgIpc) is 2.71. The van der Waals surface area contributed by atoms with Crippen LogP contribution in [0, 0.1) is 0 Å². The van der Waals surface area contributed by atoms with Crippen LogP contribution in [0.15, 0.2) is 89.4 Å². The van der Waals surface area contributed by atoms with Gasteiger partial charge in [-0.3, -0.25) is 4.79 Å². The molecular formula is C23H20BrNO3. The van der Waals surface area contributed by atoms with Crippen LogP contribution in [0.5, 0.6) is 0 Å². The highest BCUT2D eigenvalue weighted by Crippen LogP contribution is 2.19. The number of carboxylic acids is 1. The number of amides is 1. The lowest BCUT2D eigenvalue weighted by atomic mass is 10.0. The van der Waals surface area contributed by atoms with Gasteiger partial charge in [0.25, 0.3) is 5.91 Å². The molecule has 0 saturated carbocycles. The SMILES string of the molecule is O=C(O)[C@H](Cc1ccccc1)N(Cc1cccc(Br)c1)C(=O)c1ccccc1. The zero-order valence-electron chi connectivity index (χ0n) is 15.2. The molecule has 4 nitrogen and oxygen atoms in total. The molecule has 0 aromatic heterocycles. The van der Waals surface area contributed by atoms with Gasteiger partial charge in [-0.2, -0.15) is 0 Å². The van der Waals surface area contributed by atoms with Crippen LogP contribution in [0.1, 0.15) is 21.5 Å². The van der Waals surface area contributed by atoms with Crippen LogP contribution in [0.4, 0.5) is 0 Å². The van der Waals surface area contributed by atoms with Gasteiger partial charge in [-0.25, -0.2) is 4.79 Å². The predicted octanol–water partition coefficient (Wildman–Crippen LogP) is 4.79. The fraction of sp³-hybridized carbons (Fsp3) is 0.130. The Morgan fingerprint density at radius 3 is 2.07 bits per heavy atom. The van der Waals surface area contributed by atoms with E-state index in [1.165, 1.54) is 4.90 Å². The zero-order valence-corrected chi connectivity index (χ0v) is 16.7. The lowest BCUT2D eigenvalue weighted by Crippen LogP contribution is -2.46. The summed E-state index contributed by atoms with van der Waals surface area (Å²) in [4.78, 5) is 26.8. The van der Waals surface area contributed by atoms with Crippen molar-refractivity contribution in [2.24, 2.45) is 0 Å². The third-order valence-corrected chi connectivity index (χ3v) is 4.95. The molecule has 0 aliphatic heterocycles. The number of rotatable bonds is 7. The van der Waals surface area contributed by atoms with E-state index < -0.39 is 12.0 Å². The number of carbonyl (C=O) groups excluding carboxylic acids is 1. The Hall–Kier alpha value is -2.92. The van der Waals surface area contributed by atoms with E-state index in [1.54, 1.807) is 24.3 Å². The first-order valence-corrected chi connectivity index (χ1v) is 9.71. The highest BCUT2D eigenvalue weighted by Gasteiger charge is 2.30. The van der Waals surface area contributed by atoms with E-state index in [0.29, 0.717) is 5.56 Å². The molecule has 142 valence electrons. The third-order valence-electron chi connectivity index (χ3n) is 4.46. The first kappa shape index (κ1) is 19.8. The van der Waals surface area contributed by atoms with Crippen molar-refractivity contribution in [3.63, 3.8) is 0 Å². The molecule has 0 fully saturated rings. The normalized spacial score (nSPS) is 11.6. The second-order valence-corrected chi connectivity index (χ2v) is 7.39. The van der Waals surface area contributed by atoms with Crippen LogP contribution in [0.25, 0.3) is 0 Å². The Morgan fingerprint density at radius 1 is 0.857 bits per heavy atom. The van der Waals surface area contributed by atoms with Gasteiger partial charge in [-0.05, 0) is 35.4 Å². The maximum atomic E-state index is 13.2. The molecule has 5 heteroatoms. The second-order valence-electron chi connectivity index (χ2n) is 6.47. The first-order chi connectivity index (χ1) is 13.5. The van der Waals surface area contributed by atoms with Gasteiger partial charge in [-0.1, -0.05) is 76.6 Å². The summed E-state index contributed by atoms with van der Waals surface area (Å²) in [5, 5.41) is 9.93. The van der Waals surface area contributed by atoms with Crippen LogP contribution in [-0.2, 0) is 17.8 Å². The Morgan fingerprint density at radius 2 is 1.46 bits per heavy atom. The van der Waals surface area contributed by atoms with Crippen molar-refractivity contribution in [3.05, 3.63) is 106 Å². The van der Waals surface area contributed by atoms with Crippen LogP contribution in [-0.4, -0.2) is 27.9 Å². The van der Waals surface area contributed by atoms with Crippen LogP contribution < -0.4 is 0 Å². The molecule has 0 unspecified atom stereocenters. The number of aliphatic carboxylic acids is 1. The van der Waals surface area contributed by atoms with Gasteiger partial charge in [0, 0.05) is 23.0 Å². The molecule has 0 bridgehead atoms. The van der Waals surface area contributed by atoms with Crippen molar-refractivity contribution in [2.45, 2.75) is 19.0 Å². The fourth-order valence-electron chi connectivity index (χ4n) is 3.07. The maximum absolute atomic E-state index is 13.2. The van der Waals surface area contributed by atoms with Crippen LogP contribution in [0.2, 0.25) is 0 Å². The Balaban J connectivity index is 1.97. The Labute approximate surface area is 172 Å². The average molecular weight is 438 g/mol. The van der Waals surface area contributed by atoms with Gasteiger partial charge in [0.1, 0.15) is 6.04 Å². The van der Waals surface area contributed by atoms with Gasteiger partial charge in [0.15, 0.2) is 0 Å². The fourth-order valence-corrected chi connectivity index (χ4v) is 3.52. The molecule has 3 aromatic rings. The van der Waals surface area contributed by atoms with Crippen molar-refractivity contribution in [1.29, 1.82) is 0 Å². The molecule has 28 heavy (non-hydrogen) atoms. The minimum atomic E-state index is -1.02. The maximum Gasteiger partial charge on any atom is 0.326 e. The van der Waals surface area contributed by atoms with E-state index in [4.69, 9.17) is 0 Å². The second kappa shape index (κ2) is 9.33. The standard InChI is InChI=1S/C23H20BrNO3/c24-20-13-7-10-18(14-20)16-25(22(26)19-11-5-2-6-12-19)21(23(27)28)15-17-8-3-1-4-9-17/h1-14,21H,15-16H2,(H,27,28)/t21-/m0/s1. The summed E-state index contributed by atoms with van der Waals surface area (Å²) in [6.07, 6.45) is 0.239. The Bertz CT molecular complexity index is 944. The van der Waals surface area contributed by atoms with E-state index in [0.717, 1.165) is 15.6 Å². The number of halogens is 1. The van der Waals surface area contributed by atoms with Gasteiger partial charge < -0.3 is 10.0 Å². The smallest absolute Gasteiger partial charge is 0.326 e. The summed E-state index contributed by atoms with van der Waals surface area (Å²) in [7, 11) is 0. The number of hydrogen-bond donors (Lipinski definition) is 1. The van der Waals surface area contributed by atoms with E-state index in [2.05, 4.69) is 15.9 Å². The lowest BCUT2D eigenvalue weighted by molar-refractivity contribution is -0.142. The number of carbonyl (C=O) groups is 2. The molecule has 1 amide bonds. The Kier molecular flexibility index (Phi) is 6.61. The highest BCUT2D eigenvalue weighted by molar-refractivity contribution is 9.10. The molecule has 1 N–H and O–H groups in total. The topological polar surface area (TPSA) is 57.6 Å². The molecule has 3 rings (SSSR count). The molecule has 0 aliphatic rings. The van der Waals surface area contributed by atoms with Gasteiger partial charge in [0.2, 0.25) is 0 Å². The van der Waals surface area contributed by atoms with Gasteiger partial charge in [0.05, 0.1) is 0 Å². The zero-order chi connectivity index (χ0) is 19.9. The first-order valence-electron chi connectivity index (χ1n) is 8.92. The number of hydrogen-bond acceptors (Lipinski definition) is 2. The molecule has 0 heterocycles. The van der Waals surface area contributed by atoms with Crippen molar-refractivity contribution in [2.75, 3.05) is 0 Å². The summed E-state index contributed by atoms with van der Waals surface area (Å²) < 4.78 is 0.882. The molecule has 0 radical (unpaired) electrons. The molecule has 1 atom stereocenters. The van der Waals surface area contributed by atoms with Gasteiger partial charge in [-0.15, -0.1) is 0 Å². The minimum Gasteiger partial charge on any atom is -0.480 e. The molecule has 0 aliphatic carbocycles. The highest BCUT2D eigenvalue weighted by atomic mass is 79.9. The van der Waals surface area contributed by atoms with Gasteiger partial charge >= 0.3 is 5.97 Å². The number of carboxylic acid groups (broad SMARTS) is 1. The van der Waals surface area contributed by atoms with Crippen molar-refractivity contribution in [3.8, 4) is 0 Å². The summed E-state index contributed by atoms with van der Waals surface area (Å²) in [6.45, 7) is 0.205. The quantitative estimate of drug-likeness (QED) is 0.577. The largest absolute Gasteiger partial charge is 0.480 e. The van der Waals surface area contributed by atoms with Crippen LogP contribution in [0.3, 0.4) is 0 Å². The van der Waals surface area contributed by atoms with E-state index in [9.17, 15) is 14.7 Å². The van der Waals surface area contributed by atoms with Crippen molar-refractivity contribution < 1.29 is 14.7 Å². The lowest BCUT2D eigenvalue weighted by Gasteiger charge is -2.29. The number of nitrogens with zero attached hydrogens (tertiary/aromatic N) is 1.